The largest absolute Gasteiger partial charge is 0.495 e. The van der Waals surface area contributed by atoms with E-state index in [1.165, 1.54) is 0 Å². The van der Waals surface area contributed by atoms with Crippen LogP contribution in [0.2, 0.25) is 0 Å². The van der Waals surface area contributed by atoms with Crippen LogP contribution in [0.3, 0.4) is 0 Å². The van der Waals surface area contributed by atoms with E-state index in [1.807, 2.05) is 30.0 Å². The third kappa shape index (κ3) is 3.02. The van der Waals surface area contributed by atoms with Gasteiger partial charge in [-0.3, -0.25) is 9.48 Å². The zero-order chi connectivity index (χ0) is 16.2. The third-order valence-corrected chi connectivity index (χ3v) is 4.23. The molecule has 1 aliphatic heterocycles. The van der Waals surface area contributed by atoms with Crippen molar-refractivity contribution in [1.29, 1.82) is 0 Å². The average molecular weight is 314 g/mol. The molecule has 6 heteroatoms. The Labute approximate surface area is 136 Å². The molecule has 1 amide bonds. The number of piperazine rings is 1. The van der Waals surface area contributed by atoms with E-state index in [9.17, 15) is 4.79 Å². The highest BCUT2D eigenvalue weighted by Crippen LogP contribution is 2.28. The number of rotatable bonds is 4. The number of para-hydroxylation sites is 2. The lowest BCUT2D eigenvalue weighted by Crippen LogP contribution is -2.49. The van der Waals surface area contributed by atoms with Crippen LogP contribution >= 0.6 is 0 Å². The Morgan fingerprint density at radius 2 is 1.91 bits per heavy atom. The van der Waals surface area contributed by atoms with Crippen molar-refractivity contribution in [3.63, 3.8) is 0 Å². The summed E-state index contributed by atoms with van der Waals surface area (Å²) >= 11 is 0. The summed E-state index contributed by atoms with van der Waals surface area (Å²) in [5.74, 6) is 0.931. The predicted molar refractivity (Wildman–Crippen MR) is 89.0 cm³/mol. The van der Waals surface area contributed by atoms with Crippen molar-refractivity contribution < 1.29 is 9.53 Å². The summed E-state index contributed by atoms with van der Waals surface area (Å²) < 4.78 is 7.17. The number of hydrogen-bond acceptors (Lipinski definition) is 4. The molecule has 1 saturated heterocycles. The van der Waals surface area contributed by atoms with Crippen LogP contribution in [0.5, 0.6) is 5.75 Å². The quantitative estimate of drug-likeness (QED) is 0.864. The maximum atomic E-state index is 12.6. The number of nitrogens with zero attached hydrogens (tertiary/aromatic N) is 4. The van der Waals surface area contributed by atoms with Gasteiger partial charge in [-0.05, 0) is 25.1 Å². The fourth-order valence-corrected chi connectivity index (χ4v) is 2.97. The fourth-order valence-electron chi connectivity index (χ4n) is 2.97. The lowest BCUT2D eigenvalue weighted by molar-refractivity contribution is 0.0734. The predicted octanol–water partition coefficient (Wildman–Crippen LogP) is 1.87. The molecule has 23 heavy (non-hydrogen) atoms. The SMILES string of the molecule is CCn1nccc1C(=O)N1CCN(c2ccccc2OC)CC1. The standard InChI is InChI=1S/C17H22N4O2/c1-3-21-15(8-9-18-21)17(22)20-12-10-19(11-13-20)14-6-4-5-7-16(14)23-2/h4-9H,3,10-13H2,1-2H3. The molecule has 122 valence electrons. The monoisotopic (exact) mass is 314 g/mol. The number of anilines is 1. The van der Waals surface area contributed by atoms with Gasteiger partial charge in [-0.1, -0.05) is 12.1 Å². The average Bonchev–Trinajstić information content (AvgIpc) is 3.10. The molecule has 1 aliphatic rings. The van der Waals surface area contributed by atoms with Crippen LogP contribution in [0, 0.1) is 0 Å². The topological polar surface area (TPSA) is 50.6 Å². The smallest absolute Gasteiger partial charge is 0.272 e. The maximum Gasteiger partial charge on any atom is 0.272 e. The van der Waals surface area contributed by atoms with Gasteiger partial charge in [0.1, 0.15) is 11.4 Å². The minimum atomic E-state index is 0.0593. The number of methoxy groups -OCH3 is 1. The number of amides is 1. The van der Waals surface area contributed by atoms with Gasteiger partial charge in [-0.15, -0.1) is 0 Å². The molecule has 0 aliphatic carbocycles. The lowest BCUT2D eigenvalue weighted by atomic mass is 10.2. The fraction of sp³-hybridized carbons (Fsp3) is 0.412. The van der Waals surface area contributed by atoms with Crippen molar-refractivity contribution in [2.24, 2.45) is 0 Å². The van der Waals surface area contributed by atoms with Crippen LogP contribution in [-0.4, -0.2) is 53.9 Å². The summed E-state index contributed by atoms with van der Waals surface area (Å²) in [4.78, 5) is 16.8. The van der Waals surface area contributed by atoms with Gasteiger partial charge in [0.15, 0.2) is 0 Å². The van der Waals surface area contributed by atoms with Crippen molar-refractivity contribution in [3.05, 3.63) is 42.2 Å². The number of carbonyl (C=O) groups excluding carboxylic acids is 1. The second kappa shape index (κ2) is 6.73. The molecule has 0 N–H and O–H groups in total. The van der Waals surface area contributed by atoms with Crippen molar-refractivity contribution in [1.82, 2.24) is 14.7 Å². The van der Waals surface area contributed by atoms with E-state index >= 15 is 0 Å². The van der Waals surface area contributed by atoms with E-state index in [-0.39, 0.29) is 5.91 Å². The van der Waals surface area contributed by atoms with Crippen molar-refractivity contribution in [3.8, 4) is 5.75 Å². The van der Waals surface area contributed by atoms with Crippen molar-refractivity contribution in [2.45, 2.75) is 13.5 Å². The first-order chi connectivity index (χ1) is 11.2. The Kier molecular flexibility index (Phi) is 4.50. The number of carbonyl (C=O) groups is 1. The summed E-state index contributed by atoms with van der Waals surface area (Å²) in [5, 5.41) is 4.18. The zero-order valence-electron chi connectivity index (χ0n) is 13.6. The third-order valence-electron chi connectivity index (χ3n) is 4.23. The summed E-state index contributed by atoms with van der Waals surface area (Å²) in [6, 6.07) is 9.79. The van der Waals surface area contributed by atoms with E-state index in [1.54, 1.807) is 24.1 Å². The minimum Gasteiger partial charge on any atom is -0.495 e. The molecule has 1 aromatic heterocycles. The van der Waals surface area contributed by atoms with E-state index < -0.39 is 0 Å². The Bertz CT molecular complexity index is 675. The summed E-state index contributed by atoms with van der Waals surface area (Å²) in [7, 11) is 1.69. The van der Waals surface area contributed by atoms with Crippen molar-refractivity contribution >= 4 is 11.6 Å². The lowest BCUT2D eigenvalue weighted by Gasteiger charge is -2.36. The number of hydrogen-bond donors (Lipinski definition) is 0. The highest BCUT2D eigenvalue weighted by molar-refractivity contribution is 5.92. The molecule has 0 atom stereocenters. The number of ether oxygens (including phenoxy) is 1. The number of benzene rings is 1. The van der Waals surface area contributed by atoms with Gasteiger partial charge in [0.25, 0.3) is 5.91 Å². The molecule has 1 fully saturated rings. The molecule has 0 unspecified atom stereocenters. The zero-order valence-corrected chi connectivity index (χ0v) is 13.6. The van der Waals surface area contributed by atoms with Crippen LogP contribution in [0.4, 0.5) is 5.69 Å². The Hall–Kier alpha value is -2.50. The van der Waals surface area contributed by atoms with Gasteiger partial charge in [-0.2, -0.15) is 5.10 Å². The first-order valence-electron chi connectivity index (χ1n) is 7.93. The highest BCUT2D eigenvalue weighted by atomic mass is 16.5. The van der Waals surface area contributed by atoms with Gasteiger partial charge < -0.3 is 14.5 Å². The first-order valence-corrected chi connectivity index (χ1v) is 7.93. The molecule has 0 radical (unpaired) electrons. The van der Waals surface area contributed by atoms with E-state index in [0.29, 0.717) is 25.3 Å². The van der Waals surface area contributed by atoms with Gasteiger partial charge in [0, 0.05) is 38.9 Å². The van der Waals surface area contributed by atoms with Gasteiger partial charge >= 0.3 is 0 Å². The second-order valence-electron chi connectivity index (χ2n) is 5.48. The molecular weight excluding hydrogens is 292 g/mol. The minimum absolute atomic E-state index is 0.0593. The molecular formula is C17H22N4O2. The van der Waals surface area contributed by atoms with Crippen LogP contribution in [0.15, 0.2) is 36.5 Å². The molecule has 0 spiro atoms. The molecule has 1 aromatic carbocycles. The van der Waals surface area contributed by atoms with E-state index in [0.717, 1.165) is 24.5 Å². The summed E-state index contributed by atoms with van der Waals surface area (Å²) in [6.45, 7) is 5.69. The normalized spacial score (nSPS) is 14.9. The van der Waals surface area contributed by atoms with Crippen LogP contribution in [-0.2, 0) is 6.54 Å². The van der Waals surface area contributed by atoms with E-state index in [4.69, 9.17) is 4.74 Å². The maximum absolute atomic E-state index is 12.6. The van der Waals surface area contributed by atoms with Gasteiger partial charge in [0.2, 0.25) is 0 Å². The molecule has 3 rings (SSSR count). The Balaban J connectivity index is 1.68. The summed E-state index contributed by atoms with van der Waals surface area (Å²) in [6.07, 6.45) is 1.68. The Morgan fingerprint density at radius 1 is 1.17 bits per heavy atom. The van der Waals surface area contributed by atoms with Crippen LogP contribution < -0.4 is 9.64 Å². The molecule has 0 saturated carbocycles. The summed E-state index contributed by atoms with van der Waals surface area (Å²) in [5.41, 5.74) is 1.75. The molecule has 2 aromatic rings. The van der Waals surface area contributed by atoms with Crippen LogP contribution in [0.1, 0.15) is 17.4 Å². The van der Waals surface area contributed by atoms with E-state index in [2.05, 4.69) is 16.1 Å². The van der Waals surface area contributed by atoms with Crippen molar-refractivity contribution in [2.75, 3.05) is 38.2 Å². The number of aryl methyl sites for hydroxylation is 1. The molecule has 2 heterocycles. The second-order valence-corrected chi connectivity index (χ2v) is 5.48. The van der Waals surface area contributed by atoms with Gasteiger partial charge in [0.05, 0.1) is 12.8 Å². The Morgan fingerprint density at radius 3 is 2.61 bits per heavy atom. The van der Waals surface area contributed by atoms with Crippen LogP contribution in [0.25, 0.3) is 0 Å². The molecule has 6 nitrogen and oxygen atoms in total. The highest BCUT2D eigenvalue weighted by Gasteiger charge is 2.25. The number of aromatic nitrogens is 2. The van der Waals surface area contributed by atoms with Gasteiger partial charge in [-0.25, -0.2) is 0 Å². The molecule has 0 bridgehead atoms. The first kappa shape index (κ1) is 15.4.